The third-order valence-electron chi connectivity index (χ3n) is 2.76. The van der Waals surface area contributed by atoms with Crippen molar-refractivity contribution in [3.05, 3.63) is 24.3 Å². The first-order valence-corrected chi connectivity index (χ1v) is 6.44. The molecule has 0 N–H and O–H groups in total. The van der Waals surface area contributed by atoms with Gasteiger partial charge >= 0.3 is 5.97 Å². The van der Waals surface area contributed by atoms with Gasteiger partial charge in [-0.25, -0.2) is 0 Å². The highest BCUT2D eigenvalue weighted by atomic mass is 16.6. The van der Waals surface area contributed by atoms with Crippen LogP contribution in [0, 0.1) is 5.41 Å². The fraction of sp³-hybridized carbons (Fsp3) is 0.500. The second-order valence-electron chi connectivity index (χ2n) is 5.53. The van der Waals surface area contributed by atoms with Gasteiger partial charge in [0.25, 0.3) is 0 Å². The molecule has 0 spiro atoms. The summed E-state index contributed by atoms with van der Waals surface area (Å²) < 4.78 is 5.48. The Hall–Kier alpha value is -1.91. The molecule has 2 rings (SSSR count). The average Bonchev–Trinajstić information content (AvgIpc) is 2.77. The molecule has 0 saturated heterocycles. The SMILES string of the molecule is CCC(OC(=O)C(C)(C)C)n1nc2ccccc2n1. The third-order valence-corrected chi connectivity index (χ3v) is 2.76. The van der Waals surface area contributed by atoms with Crippen LogP contribution in [0.3, 0.4) is 0 Å². The molecule has 1 aromatic carbocycles. The Kier molecular flexibility index (Phi) is 3.55. The van der Waals surface area contributed by atoms with Gasteiger partial charge in [-0.2, -0.15) is 0 Å². The van der Waals surface area contributed by atoms with E-state index in [0.717, 1.165) is 11.0 Å². The van der Waals surface area contributed by atoms with Crippen molar-refractivity contribution in [2.24, 2.45) is 5.41 Å². The van der Waals surface area contributed by atoms with Crippen molar-refractivity contribution < 1.29 is 9.53 Å². The smallest absolute Gasteiger partial charge is 0.313 e. The fourth-order valence-electron chi connectivity index (χ4n) is 1.60. The zero-order valence-corrected chi connectivity index (χ0v) is 11.8. The number of hydrogen-bond donors (Lipinski definition) is 0. The standard InChI is InChI=1S/C14H19N3O2/c1-5-12(19-13(18)14(2,3)4)17-15-10-8-6-7-9-11(10)16-17/h6-9,12H,5H2,1-4H3. The molecule has 0 aliphatic rings. The van der Waals surface area contributed by atoms with E-state index >= 15 is 0 Å². The van der Waals surface area contributed by atoms with Gasteiger partial charge in [0.15, 0.2) is 0 Å². The van der Waals surface area contributed by atoms with Crippen LogP contribution in [0.4, 0.5) is 0 Å². The minimum atomic E-state index is -0.528. The van der Waals surface area contributed by atoms with Gasteiger partial charge in [0.1, 0.15) is 11.0 Å². The number of benzene rings is 1. The zero-order chi connectivity index (χ0) is 14.0. The maximum Gasteiger partial charge on any atom is 0.313 e. The summed E-state index contributed by atoms with van der Waals surface area (Å²) in [5.41, 5.74) is 1.07. The number of hydrogen-bond acceptors (Lipinski definition) is 4. The normalized spacial score (nSPS) is 13.5. The summed E-state index contributed by atoms with van der Waals surface area (Å²) in [6, 6.07) is 7.58. The number of aromatic nitrogens is 3. The van der Waals surface area contributed by atoms with Crippen LogP contribution in [0.1, 0.15) is 40.3 Å². The number of fused-ring (bicyclic) bond motifs is 1. The lowest BCUT2D eigenvalue weighted by atomic mass is 9.97. The van der Waals surface area contributed by atoms with Gasteiger partial charge in [-0.3, -0.25) is 4.79 Å². The molecule has 1 aromatic heterocycles. The Morgan fingerprint density at radius 1 is 1.26 bits per heavy atom. The first kappa shape index (κ1) is 13.5. The molecular formula is C14H19N3O2. The van der Waals surface area contributed by atoms with Crippen molar-refractivity contribution in [3.63, 3.8) is 0 Å². The highest BCUT2D eigenvalue weighted by Crippen LogP contribution is 2.21. The predicted octanol–water partition coefficient (Wildman–Crippen LogP) is 2.93. The van der Waals surface area contributed by atoms with E-state index in [0.29, 0.717) is 6.42 Å². The number of esters is 1. The van der Waals surface area contributed by atoms with Crippen LogP contribution in [0.25, 0.3) is 11.0 Å². The third kappa shape index (κ3) is 2.92. The summed E-state index contributed by atoms with van der Waals surface area (Å²) in [6.07, 6.45) is 0.169. The molecule has 1 heterocycles. The van der Waals surface area contributed by atoms with E-state index in [1.165, 1.54) is 4.80 Å². The van der Waals surface area contributed by atoms with Crippen molar-refractivity contribution in [3.8, 4) is 0 Å². The Bertz CT molecular complexity index is 551. The second-order valence-corrected chi connectivity index (χ2v) is 5.53. The maximum absolute atomic E-state index is 11.9. The molecule has 0 aliphatic carbocycles. The van der Waals surface area contributed by atoms with E-state index in [4.69, 9.17) is 4.74 Å². The van der Waals surface area contributed by atoms with Crippen LogP contribution < -0.4 is 0 Å². The lowest BCUT2D eigenvalue weighted by molar-refractivity contribution is -0.165. The Labute approximate surface area is 112 Å². The average molecular weight is 261 g/mol. The van der Waals surface area contributed by atoms with Crippen molar-refractivity contribution >= 4 is 17.0 Å². The Morgan fingerprint density at radius 3 is 2.21 bits per heavy atom. The quantitative estimate of drug-likeness (QED) is 0.797. The molecule has 1 unspecified atom stereocenters. The van der Waals surface area contributed by atoms with Gasteiger partial charge in [-0.1, -0.05) is 19.1 Å². The fourth-order valence-corrected chi connectivity index (χ4v) is 1.60. The minimum absolute atomic E-state index is 0.249. The summed E-state index contributed by atoms with van der Waals surface area (Å²) in [4.78, 5) is 13.4. The van der Waals surface area contributed by atoms with E-state index in [1.807, 2.05) is 52.0 Å². The predicted molar refractivity (Wildman–Crippen MR) is 72.4 cm³/mol. The molecule has 1 atom stereocenters. The van der Waals surface area contributed by atoms with Crippen LogP contribution >= 0.6 is 0 Å². The van der Waals surface area contributed by atoms with Crippen molar-refractivity contribution in [1.29, 1.82) is 0 Å². The lowest BCUT2D eigenvalue weighted by Gasteiger charge is -2.21. The molecule has 0 saturated carbocycles. The molecule has 0 amide bonds. The molecule has 0 aliphatic heterocycles. The van der Waals surface area contributed by atoms with E-state index in [1.54, 1.807) is 0 Å². The van der Waals surface area contributed by atoms with Crippen molar-refractivity contribution in [1.82, 2.24) is 15.0 Å². The Balaban J connectivity index is 2.24. The first-order chi connectivity index (χ1) is 8.91. The van der Waals surface area contributed by atoms with Crippen LogP contribution in [0.15, 0.2) is 24.3 Å². The van der Waals surface area contributed by atoms with Crippen molar-refractivity contribution in [2.75, 3.05) is 0 Å². The van der Waals surface area contributed by atoms with Crippen LogP contribution in [-0.2, 0) is 9.53 Å². The van der Waals surface area contributed by atoms with Gasteiger partial charge in [-0.05, 0) is 32.9 Å². The van der Waals surface area contributed by atoms with Gasteiger partial charge in [0.05, 0.1) is 5.41 Å². The van der Waals surface area contributed by atoms with Gasteiger partial charge in [0, 0.05) is 6.42 Å². The monoisotopic (exact) mass is 261 g/mol. The first-order valence-electron chi connectivity index (χ1n) is 6.44. The number of carbonyl (C=O) groups excluding carboxylic acids is 1. The van der Waals surface area contributed by atoms with E-state index in [-0.39, 0.29) is 5.97 Å². The molecule has 102 valence electrons. The van der Waals surface area contributed by atoms with E-state index in [9.17, 15) is 4.79 Å². The number of carbonyl (C=O) groups is 1. The summed E-state index contributed by atoms with van der Waals surface area (Å²) in [7, 11) is 0. The topological polar surface area (TPSA) is 57.0 Å². The summed E-state index contributed by atoms with van der Waals surface area (Å²) in [5, 5.41) is 8.69. The maximum atomic E-state index is 11.9. The lowest BCUT2D eigenvalue weighted by Crippen LogP contribution is -2.27. The number of nitrogens with zero attached hydrogens (tertiary/aromatic N) is 3. The molecule has 0 radical (unpaired) electrons. The molecule has 2 aromatic rings. The number of ether oxygens (including phenoxy) is 1. The van der Waals surface area contributed by atoms with Crippen LogP contribution in [0.5, 0.6) is 0 Å². The summed E-state index contributed by atoms with van der Waals surface area (Å²) >= 11 is 0. The number of rotatable bonds is 3. The second kappa shape index (κ2) is 4.99. The van der Waals surface area contributed by atoms with Gasteiger partial charge in [0.2, 0.25) is 6.23 Å². The van der Waals surface area contributed by atoms with Crippen molar-refractivity contribution in [2.45, 2.75) is 40.3 Å². The zero-order valence-electron chi connectivity index (χ0n) is 11.8. The van der Waals surface area contributed by atoms with Crippen LogP contribution in [0.2, 0.25) is 0 Å². The molecule has 5 heteroatoms. The van der Waals surface area contributed by atoms with E-state index < -0.39 is 11.6 Å². The molecule has 0 fully saturated rings. The summed E-state index contributed by atoms with van der Waals surface area (Å²) in [5.74, 6) is -0.249. The van der Waals surface area contributed by atoms with Gasteiger partial charge in [-0.15, -0.1) is 15.0 Å². The van der Waals surface area contributed by atoms with E-state index in [2.05, 4.69) is 10.2 Å². The molecule has 5 nitrogen and oxygen atoms in total. The largest absolute Gasteiger partial charge is 0.438 e. The van der Waals surface area contributed by atoms with Crippen LogP contribution in [-0.4, -0.2) is 21.0 Å². The minimum Gasteiger partial charge on any atom is -0.438 e. The molecule has 19 heavy (non-hydrogen) atoms. The molecular weight excluding hydrogens is 242 g/mol. The van der Waals surface area contributed by atoms with Gasteiger partial charge < -0.3 is 4.74 Å². The molecule has 0 bridgehead atoms. The summed E-state index contributed by atoms with van der Waals surface area (Å²) in [6.45, 7) is 7.42. The Morgan fingerprint density at radius 2 is 1.79 bits per heavy atom. The highest BCUT2D eigenvalue weighted by molar-refractivity contribution is 5.75. The highest BCUT2D eigenvalue weighted by Gasteiger charge is 2.27.